The van der Waals surface area contributed by atoms with Crippen molar-refractivity contribution < 1.29 is 13.5 Å². The van der Waals surface area contributed by atoms with Gasteiger partial charge < -0.3 is 4.74 Å². The molecular formula is C9H7BrF2N2O. The highest BCUT2D eigenvalue weighted by molar-refractivity contribution is 9.10. The Kier molecular flexibility index (Phi) is 3.97. The van der Waals surface area contributed by atoms with Crippen LogP contribution in [0.2, 0.25) is 0 Å². The van der Waals surface area contributed by atoms with E-state index in [0.29, 0.717) is 10.2 Å². The van der Waals surface area contributed by atoms with Crippen molar-refractivity contribution in [2.75, 3.05) is 7.11 Å². The van der Waals surface area contributed by atoms with Gasteiger partial charge in [-0.2, -0.15) is 5.26 Å². The van der Waals surface area contributed by atoms with E-state index < -0.39 is 6.43 Å². The molecular weight excluding hydrogens is 270 g/mol. The second-order valence-corrected chi connectivity index (χ2v) is 3.43. The van der Waals surface area contributed by atoms with Gasteiger partial charge in [-0.25, -0.2) is 8.78 Å². The number of aromatic nitrogens is 1. The number of hydrogen-bond acceptors (Lipinski definition) is 3. The molecule has 0 saturated carbocycles. The maximum Gasteiger partial charge on any atom is 0.280 e. The van der Waals surface area contributed by atoms with Crippen LogP contribution in [-0.2, 0) is 6.42 Å². The SMILES string of the molecule is COc1cnc(C(F)F)c(CC#N)c1Br. The van der Waals surface area contributed by atoms with E-state index in [1.54, 1.807) is 0 Å². The van der Waals surface area contributed by atoms with Crippen LogP contribution >= 0.6 is 15.9 Å². The Morgan fingerprint density at radius 3 is 2.80 bits per heavy atom. The van der Waals surface area contributed by atoms with E-state index in [-0.39, 0.29) is 17.7 Å². The number of methoxy groups -OCH3 is 1. The first-order valence-corrected chi connectivity index (χ1v) is 4.77. The Hall–Kier alpha value is -1.22. The minimum absolute atomic E-state index is 0.134. The number of hydrogen-bond donors (Lipinski definition) is 0. The fraction of sp³-hybridized carbons (Fsp3) is 0.333. The molecule has 0 spiro atoms. The van der Waals surface area contributed by atoms with Gasteiger partial charge in [-0.15, -0.1) is 0 Å². The summed E-state index contributed by atoms with van der Waals surface area (Å²) in [5, 5.41) is 8.53. The van der Waals surface area contributed by atoms with Gasteiger partial charge in [0.1, 0.15) is 5.69 Å². The van der Waals surface area contributed by atoms with Gasteiger partial charge in [-0.05, 0) is 15.9 Å². The van der Waals surface area contributed by atoms with Crippen LogP contribution in [0.3, 0.4) is 0 Å². The lowest BCUT2D eigenvalue weighted by molar-refractivity contribution is 0.144. The van der Waals surface area contributed by atoms with Crippen LogP contribution in [0.4, 0.5) is 8.78 Å². The fourth-order valence-electron chi connectivity index (χ4n) is 1.10. The molecule has 0 bridgehead atoms. The Labute approximate surface area is 93.8 Å². The molecule has 0 N–H and O–H groups in total. The molecule has 1 aromatic rings. The summed E-state index contributed by atoms with van der Waals surface area (Å²) in [6, 6.07) is 1.81. The summed E-state index contributed by atoms with van der Waals surface area (Å²) >= 11 is 3.11. The molecule has 0 aliphatic carbocycles. The minimum Gasteiger partial charge on any atom is -0.494 e. The lowest BCUT2D eigenvalue weighted by Crippen LogP contribution is -2.01. The topological polar surface area (TPSA) is 45.9 Å². The first-order chi connectivity index (χ1) is 7.11. The van der Waals surface area contributed by atoms with E-state index in [2.05, 4.69) is 20.9 Å². The third-order valence-electron chi connectivity index (χ3n) is 1.79. The molecule has 0 fully saturated rings. The lowest BCUT2D eigenvalue weighted by Gasteiger charge is -2.10. The van der Waals surface area contributed by atoms with Crippen LogP contribution < -0.4 is 4.74 Å². The fourth-order valence-corrected chi connectivity index (χ4v) is 1.71. The van der Waals surface area contributed by atoms with Gasteiger partial charge in [0.05, 0.1) is 30.3 Å². The minimum atomic E-state index is -2.70. The molecule has 1 rings (SSSR count). The average molecular weight is 277 g/mol. The number of rotatable bonds is 3. The summed E-state index contributed by atoms with van der Waals surface area (Å²) in [5.41, 5.74) is -0.212. The molecule has 0 amide bonds. The zero-order valence-electron chi connectivity index (χ0n) is 7.80. The molecule has 1 aromatic heterocycles. The third kappa shape index (κ3) is 2.42. The van der Waals surface area contributed by atoms with Crippen LogP contribution in [0.1, 0.15) is 17.7 Å². The largest absolute Gasteiger partial charge is 0.494 e. The molecule has 0 aromatic carbocycles. The molecule has 0 saturated heterocycles. The van der Waals surface area contributed by atoms with Crippen LogP contribution in [0.15, 0.2) is 10.7 Å². The van der Waals surface area contributed by atoms with Crippen molar-refractivity contribution in [3.63, 3.8) is 0 Å². The second-order valence-electron chi connectivity index (χ2n) is 2.64. The summed E-state index contributed by atoms with van der Waals surface area (Å²) in [4.78, 5) is 3.57. The molecule has 6 heteroatoms. The van der Waals surface area contributed by atoms with Gasteiger partial charge in [-0.1, -0.05) is 0 Å². The van der Waals surface area contributed by atoms with E-state index in [1.807, 2.05) is 6.07 Å². The first-order valence-electron chi connectivity index (χ1n) is 3.98. The molecule has 80 valence electrons. The predicted molar refractivity (Wildman–Crippen MR) is 52.8 cm³/mol. The maximum absolute atomic E-state index is 12.5. The number of halogens is 3. The number of alkyl halides is 2. The van der Waals surface area contributed by atoms with E-state index in [0.717, 1.165) is 0 Å². The standard InChI is InChI=1S/C9H7BrF2N2O/c1-15-6-4-14-8(9(11)12)5(2-3-13)7(6)10/h4,9H,2H2,1H3. The van der Waals surface area contributed by atoms with Crippen LogP contribution in [0.25, 0.3) is 0 Å². The van der Waals surface area contributed by atoms with Crippen molar-refractivity contribution in [3.05, 3.63) is 21.9 Å². The maximum atomic E-state index is 12.5. The molecule has 3 nitrogen and oxygen atoms in total. The molecule has 0 unspecified atom stereocenters. The smallest absolute Gasteiger partial charge is 0.280 e. The summed E-state index contributed by atoms with van der Waals surface area (Å²) < 4.78 is 30.3. The zero-order valence-corrected chi connectivity index (χ0v) is 9.38. The normalized spacial score (nSPS) is 10.1. The molecule has 1 heterocycles. The zero-order chi connectivity index (χ0) is 11.4. The first kappa shape index (κ1) is 11.9. The highest BCUT2D eigenvalue weighted by atomic mass is 79.9. The summed E-state index contributed by atoms with van der Waals surface area (Å²) in [5.74, 6) is 0.338. The molecule has 0 atom stereocenters. The van der Waals surface area contributed by atoms with Gasteiger partial charge in [0, 0.05) is 5.56 Å². The van der Waals surface area contributed by atoms with E-state index in [9.17, 15) is 8.78 Å². The number of ether oxygens (including phenoxy) is 1. The van der Waals surface area contributed by atoms with Crippen molar-refractivity contribution in [3.8, 4) is 11.8 Å². The van der Waals surface area contributed by atoms with Crippen molar-refractivity contribution >= 4 is 15.9 Å². The van der Waals surface area contributed by atoms with Crippen molar-refractivity contribution in [1.29, 1.82) is 5.26 Å². The summed E-state index contributed by atoms with van der Waals surface area (Å²) in [6.45, 7) is 0. The predicted octanol–water partition coefficient (Wildman–Crippen LogP) is 2.86. The third-order valence-corrected chi connectivity index (χ3v) is 2.66. The highest BCUT2D eigenvalue weighted by Gasteiger charge is 2.19. The van der Waals surface area contributed by atoms with Crippen molar-refractivity contribution in [1.82, 2.24) is 4.98 Å². The summed E-state index contributed by atoms with van der Waals surface area (Å²) in [7, 11) is 1.40. The van der Waals surface area contributed by atoms with Gasteiger partial charge in [-0.3, -0.25) is 4.98 Å². The van der Waals surface area contributed by atoms with Crippen LogP contribution in [-0.4, -0.2) is 12.1 Å². The van der Waals surface area contributed by atoms with Crippen LogP contribution in [0, 0.1) is 11.3 Å². The average Bonchev–Trinajstić information content (AvgIpc) is 2.20. The Balaban J connectivity index is 3.32. The number of nitrogens with zero attached hydrogens (tertiary/aromatic N) is 2. The monoisotopic (exact) mass is 276 g/mol. The lowest BCUT2D eigenvalue weighted by atomic mass is 10.1. The van der Waals surface area contributed by atoms with Crippen molar-refractivity contribution in [2.45, 2.75) is 12.8 Å². The van der Waals surface area contributed by atoms with Gasteiger partial charge in [0.2, 0.25) is 0 Å². The number of nitriles is 1. The Morgan fingerprint density at radius 1 is 1.67 bits per heavy atom. The number of pyridine rings is 1. The van der Waals surface area contributed by atoms with E-state index >= 15 is 0 Å². The second kappa shape index (κ2) is 5.03. The Bertz CT molecular complexity index is 404. The van der Waals surface area contributed by atoms with Crippen LogP contribution in [0.5, 0.6) is 5.75 Å². The quantitative estimate of drug-likeness (QED) is 0.853. The van der Waals surface area contributed by atoms with Gasteiger partial charge in [0.15, 0.2) is 5.75 Å². The molecule has 15 heavy (non-hydrogen) atoms. The Morgan fingerprint density at radius 2 is 2.33 bits per heavy atom. The van der Waals surface area contributed by atoms with E-state index in [4.69, 9.17) is 10.00 Å². The molecule has 0 aliphatic heterocycles. The molecule has 0 radical (unpaired) electrons. The van der Waals surface area contributed by atoms with Gasteiger partial charge >= 0.3 is 0 Å². The van der Waals surface area contributed by atoms with Gasteiger partial charge in [0.25, 0.3) is 6.43 Å². The highest BCUT2D eigenvalue weighted by Crippen LogP contribution is 2.33. The molecule has 0 aliphatic rings. The van der Waals surface area contributed by atoms with Crippen molar-refractivity contribution in [2.24, 2.45) is 0 Å². The summed E-state index contributed by atoms with van der Waals surface area (Å²) in [6.07, 6.45) is -1.63. The van der Waals surface area contributed by atoms with E-state index in [1.165, 1.54) is 13.3 Å².